The van der Waals surface area contributed by atoms with Crippen LogP contribution in [-0.2, 0) is 0 Å². The van der Waals surface area contributed by atoms with Crippen molar-refractivity contribution in [2.75, 3.05) is 20.1 Å². The Morgan fingerprint density at radius 1 is 1.21 bits per heavy atom. The van der Waals surface area contributed by atoms with Gasteiger partial charge in [-0.1, -0.05) is 23.8 Å². The molecule has 0 spiro atoms. The van der Waals surface area contributed by atoms with Crippen LogP contribution in [0, 0.1) is 19.8 Å². The lowest BCUT2D eigenvalue weighted by Gasteiger charge is -2.24. The molecule has 0 unspecified atom stereocenters. The molecule has 2 rings (SSSR count). The molecule has 3 nitrogen and oxygen atoms in total. The Hall–Kier alpha value is -0.900. The molecule has 1 saturated carbocycles. The van der Waals surface area contributed by atoms with E-state index >= 15 is 0 Å². The maximum Gasteiger partial charge on any atom is 0.0919 e. The Labute approximate surface area is 115 Å². The van der Waals surface area contributed by atoms with Gasteiger partial charge in [-0.3, -0.25) is 0 Å². The van der Waals surface area contributed by atoms with Crippen molar-refractivity contribution in [1.29, 1.82) is 0 Å². The molecule has 1 aromatic carbocycles. The van der Waals surface area contributed by atoms with Crippen LogP contribution in [0.3, 0.4) is 0 Å². The van der Waals surface area contributed by atoms with Crippen molar-refractivity contribution >= 4 is 0 Å². The van der Waals surface area contributed by atoms with E-state index in [1.54, 1.807) is 0 Å². The molecule has 1 fully saturated rings. The fraction of sp³-hybridized carbons (Fsp3) is 0.625. The highest BCUT2D eigenvalue weighted by Crippen LogP contribution is 2.32. The highest BCUT2D eigenvalue weighted by Gasteiger charge is 2.30. The number of likely N-dealkylation sites (N-methyl/N-ethyl adjacent to an activating group) is 1. The number of hydrogen-bond acceptors (Lipinski definition) is 3. The SMILES string of the molecule is Cc1ccc([C@H](O)CN(C)C[C@H](O)C2CC2)c(C)c1. The molecule has 2 atom stereocenters. The smallest absolute Gasteiger partial charge is 0.0919 e. The monoisotopic (exact) mass is 263 g/mol. The summed E-state index contributed by atoms with van der Waals surface area (Å²) < 4.78 is 0. The van der Waals surface area contributed by atoms with Crippen LogP contribution in [-0.4, -0.2) is 41.4 Å². The zero-order valence-electron chi connectivity index (χ0n) is 12.1. The lowest BCUT2D eigenvalue weighted by atomic mass is 10.0. The molecular weight excluding hydrogens is 238 g/mol. The number of hydrogen-bond donors (Lipinski definition) is 2. The van der Waals surface area contributed by atoms with Gasteiger partial charge in [0.2, 0.25) is 0 Å². The molecule has 0 heterocycles. The second-order valence-electron chi connectivity index (χ2n) is 6.00. The fourth-order valence-corrected chi connectivity index (χ4v) is 2.62. The van der Waals surface area contributed by atoms with Crippen LogP contribution in [0.15, 0.2) is 18.2 Å². The summed E-state index contributed by atoms with van der Waals surface area (Å²) in [6, 6.07) is 6.13. The summed E-state index contributed by atoms with van der Waals surface area (Å²) in [7, 11) is 1.96. The average molecular weight is 263 g/mol. The van der Waals surface area contributed by atoms with Gasteiger partial charge in [0.1, 0.15) is 0 Å². The van der Waals surface area contributed by atoms with E-state index in [0.717, 1.165) is 24.0 Å². The van der Waals surface area contributed by atoms with Gasteiger partial charge in [0.15, 0.2) is 0 Å². The topological polar surface area (TPSA) is 43.7 Å². The second kappa shape index (κ2) is 6.04. The van der Waals surface area contributed by atoms with Gasteiger partial charge in [-0.2, -0.15) is 0 Å². The van der Waals surface area contributed by atoms with Gasteiger partial charge in [0.25, 0.3) is 0 Å². The first-order valence-electron chi connectivity index (χ1n) is 7.09. The Morgan fingerprint density at radius 2 is 1.89 bits per heavy atom. The number of nitrogens with zero attached hydrogens (tertiary/aromatic N) is 1. The first-order chi connectivity index (χ1) is 8.97. The molecule has 0 saturated heterocycles. The lowest BCUT2D eigenvalue weighted by molar-refractivity contribution is 0.0731. The molecule has 19 heavy (non-hydrogen) atoms. The van der Waals surface area contributed by atoms with Gasteiger partial charge >= 0.3 is 0 Å². The molecule has 0 bridgehead atoms. The Morgan fingerprint density at radius 3 is 2.47 bits per heavy atom. The standard InChI is InChI=1S/C16H25NO2/c1-11-4-7-14(12(2)8-11)16(19)10-17(3)9-15(18)13-5-6-13/h4,7-8,13,15-16,18-19H,5-6,9-10H2,1-3H3/t15-,16+/m0/s1. The van der Waals surface area contributed by atoms with Crippen LogP contribution in [0.4, 0.5) is 0 Å². The summed E-state index contributed by atoms with van der Waals surface area (Å²) in [6.07, 6.45) is 1.57. The maximum atomic E-state index is 10.3. The minimum absolute atomic E-state index is 0.240. The first kappa shape index (κ1) is 14.5. The van der Waals surface area contributed by atoms with Crippen molar-refractivity contribution < 1.29 is 10.2 Å². The van der Waals surface area contributed by atoms with Gasteiger partial charge < -0.3 is 15.1 Å². The molecule has 0 aliphatic heterocycles. The zero-order chi connectivity index (χ0) is 14.0. The minimum Gasteiger partial charge on any atom is -0.392 e. The third-order valence-corrected chi connectivity index (χ3v) is 3.93. The Kier molecular flexibility index (Phi) is 4.61. The first-order valence-corrected chi connectivity index (χ1v) is 7.09. The van der Waals surface area contributed by atoms with Gasteiger partial charge in [-0.15, -0.1) is 0 Å². The summed E-state index contributed by atoms with van der Waals surface area (Å²) >= 11 is 0. The molecule has 3 heteroatoms. The van der Waals surface area contributed by atoms with Crippen LogP contribution in [0.25, 0.3) is 0 Å². The summed E-state index contributed by atoms with van der Waals surface area (Å²) in [5, 5.41) is 20.2. The average Bonchev–Trinajstić information content (AvgIpc) is 3.11. The van der Waals surface area contributed by atoms with E-state index in [1.165, 1.54) is 5.56 Å². The van der Waals surface area contributed by atoms with E-state index in [0.29, 0.717) is 19.0 Å². The summed E-state index contributed by atoms with van der Waals surface area (Å²) in [5.74, 6) is 0.487. The van der Waals surface area contributed by atoms with E-state index in [9.17, 15) is 10.2 Å². The van der Waals surface area contributed by atoms with Crippen LogP contribution in [0.5, 0.6) is 0 Å². The summed E-state index contributed by atoms with van der Waals surface area (Å²) in [4.78, 5) is 2.02. The number of rotatable bonds is 6. The molecule has 0 aromatic heterocycles. The van der Waals surface area contributed by atoms with E-state index in [1.807, 2.05) is 31.0 Å². The predicted octanol–water partition coefficient (Wildman–Crippen LogP) is 2.04. The van der Waals surface area contributed by atoms with E-state index in [2.05, 4.69) is 13.0 Å². The van der Waals surface area contributed by atoms with Gasteiger partial charge in [0, 0.05) is 13.1 Å². The highest BCUT2D eigenvalue weighted by molar-refractivity contribution is 5.32. The number of aliphatic hydroxyl groups is 2. The van der Waals surface area contributed by atoms with E-state index in [4.69, 9.17) is 0 Å². The molecule has 2 N–H and O–H groups in total. The van der Waals surface area contributed by atoms with Crippen molar-refractivity contribution in [3.8, 4) is 0 Å². The quantitative estimate of drug-likeness (QED) is 0.825. The summed E-state index contributed by atoms with van der Waals surface area (Å²) in [6.45, 7) is 5.30. The van der Waals surface area contributed by atoms with Crippen molar-refractivity contribution in [2.45, 2.75) is 38.9 Å². The largest absolute Gasteiger partial charge is 0.392 e. The molecular formula is C16H25NO2. The van der Waals surface area contributed by atoms with Crippen LogP contribution >= 0.6 is 0 Å². The summed E-state index contributed by atoms with van der Waals surface area (Å²) in [5.41, 5.74) is 3.33. The molecule has 0 amide bonds. The van der Waals surface area contributed by atoms with Gasteiger partial charge in [-0.25, -0.2) is 0 Å². The minimum atomic E-state index is -0.489. The molecule has 1 aliphatic carbocycles. The second-order valence-corrected chi connectivity index (χ2v) is 6.00. The van der Waals surface area contributed by atoms with Crippen LogP contribution < -0.4 is 0 Å². The molecule has 106 valence electrons. The fourth-order valence-electron chi connectivity index (χ4n) is 2.62. The normalized spacial score (nSPS) is 18.6. The zero-order valence-corrected chi connectivity index (χ0v) is 12.1. The number of aliphatic hydroxyl groups excluding tert-OH is 2. The molecule has 1 aromatic rings. The third-order valence-electron chi connectivity index (χ3n) is 3.93. The number of aryl methyl sites for hydroxylation is 2. The van der Waals surface area contributed by atoms with E-state index < -0.39 is 6.10 Å². The molecule has 1 aliphatic rings. The predicted molar refractivity (Wildman–Crippen MR) is 77.1 cm³/mol. The maximum absolute atomic E-state index is 10.3. The van der Waals surface area contributed by atoms with Crippen molar-refractivity contribution in [3.63, 3.8) is 0 Å². The highest BCUT2D eigenvalue weighted by atomic mass is 16.3. The van der Waals surface area contributed by atoms with E-state index in [-0.39, 0.29) is 6.10 Å². The van der Waals surface area contributed by atoms with Crippen LogP contribution in [0.1, 0.15) is 35.6 Å². The van der Waals surface area contributed by atoms with Gasteiger partial charge in [-0.05, 0) is 50.8 Å². The van der Waals surface area contributed by atoms with Gasteiger partial charge in [0.05, 0.1) is 12.2 Å². The van der Waals surface area contributed by atoms with Crippen molar-refractivity contribution in [2.24, 2.45) is 5.92 Å². The van der Waals surface area contributed by atoms with Crippen molar-refractivity contribution in [1.82, 2.24) is 4.90 Å². The Bertz CT molecular complexity index is 429. The van der Waals surface area contributed by atoms with Crippen molar-refractivity contribution in [3.05, 3.63) is 34.9 Å². The number of benzene rings is 1. The lowest BCUT2D eigenvalue weighted by Crippen LogP contribution is -2.33. The molecule has 0 radical (unpaired) electrons. The van der Waals surface area contributed by atoms with Crippen LogP contribution in [0.2, 0.25) is 0 Å². The third kappa shape index (κ3) is 4.03. The Balaban J connectivity index is 1.90.